The van der Waals surface area contributed by atoms with Gasteiger partial charge in [-0.2, -0.15) is 0 Å². The monoisotopic (exact) mass is 335 g/mol. The number of hydrogen-bond donors (Lipinski definition) is 1. The first-order chi connectivity index (χ1) is 11.6. The molecule has 1 N–H and O–H groups in total. The second-order valence-corrected chi connectivity index (χ2v) is 6.54. The number of rotatable bonds is 6. The maximum absolute atomic E-state index is 14.6. The minimum Gasteiger partial charge on any atom is -0.395 e. The number of nitrogens with zero attached hydrogens (tertiary/aromatic N) is 3. The minimum atomic E-state index is -0.342. The predicted octanol–water partition coefficient (Wildman–Crippen LogP) is 1.56. The molecule has 24 heavy (non-hydrogen) atoms. The highest BCUT2D eigenvalue weighted by Crippen LogP contribution is 2.29. The molecule has 1 aromatic carbocycles. The number of likely N-dealkylation sites (N-methyl/N-ethyl adjacent to an activating group) is 1. The van der Waals surface area contributed by atoms with E-state index in [2.05, 4.69) is 11.8 Å². The molecular formula is C18H26FN3O2. The van der Waals surface area contributed by atoms with Crippen molar-refractivity contribution in [3.63, 3.8) is 0 Å². The molecule has 6 heteroatoms. The molecule has 1 aliphatic carbocycles. The number of amides is 1. The number of aliphatic hydroxyl groups excluding tert-OH is 1. The van der Waals surface area contributed by atoms with Gasteiger partial charge in [-0.05, 0) is 37.6 Å². The summed E-state index contributed by atoms with van der Waals surface area (Å²) in [7, 11) is 0. The van der Waals surface area contributed by atoms with Crippen LogP contribution in [0, 0.1) is 5.82 Å². The molecule has 1 saturated carbocycles. The van der Waals surface area contributed by atoms with E-state index in [1.807, 2.05) is 4.90 Å². The summed E-state index contributed by atoms with van der Waals surface area (Å²) in [5.74, 6) is -0.529. The Morgan fingerprint density at radius 3 is 2.54 bits per heavy atom. The summed E-state index contributed by atoms with van der Waals surface area (Å²) in [6.07, 6.45) is 1.93. The molecule has 132 valence electrons. The van der Waals surface area contributed by atoms with Crippen LogP contribution in [0.1, 0.15) is 30.1 Å². The standard InChI is InChI=1S/C18H26FN3O2/c1-2-20-7-9-21(10-8-20)17-6-3-14(13-16(17)19)18(24)22(11-12-23)15-4-5-15/h3,6,13,15,23H,2,4-5,7-12H2,1H3. The number of carbonyl (C=O) groups excluding carboxylic acids is 1. The molecular weight excluding hydrogens is 309 g/mol. The zero-order valence-corrected chi connectivity index (χ0v) is 14.2. The largest absolute Gasteiger partial charge is 0.395 e. The van der Waals surface area contributed by atoms with Gasteiger partial charge in [-0.15, -0.1) is 0 Å². The Morgan fingerprint density at radius 1 is 1.29 bits per heavy atom. The zero-order chi connectivity index (χ0) is 17.1. The van der Waals surface area contributed by atoms with Crippen molar-refractivity contribution in [2.75, 3.05) is 50.8 Å². The van der Waals surface area contributed by atoms with E-state index in [1.54, 1.807) is 17.0 Å². The molecule has 2 fully saturated rings. The fraction of sp³-hybridized carbons (Fsp3) is 0.611. The van der Waals surface area contributed by atoms with Crippen molar-refractivity contribution in [2.24, 2.45) is 0 Å². The first-order valence-corrected chi connectivity index (χ1v) is 8.82. The Bertz CT molecular complexity index is 584. The lowest BCUT2D eigenvalue weighted by molar-refractivity contribution is 0.0707. The van der Waals surface area contributed by atoms with Crippen LogP contribution >= 0.6 is 0 Å². The van der Waals surface area contributed by atoms with Gasteiger partial charge in [0, 0.05) is 44.3 Å². The van der Waals surface area contributed by atoms with E-state index in [0.717, 1.165) is 45.6 Å². The third kappa shape index (κ3) is 3.70. The van der Waals surface area contributed by atoms with Crippen LogP contribution in [-0.4, -0.2) is 72.7 Å². The third-order valence-electron chi connectivity index (χ3n) is 4.94. The zero-order valence-electron chi connectivity index (χ0n) is 14.2. The van der Waals surface area contributed by atoms with Gasteiger partial charge in [0.2, 0.25) is 0 Å². The van der Waals surface area contributed by atoms with Crippen molar-refractivity contribution in [3.8, 4) is 0 Å². The molecule has 0 atom stereocenters. The van der Waals surface area contributed by atoms with Crippen LogP contribution in [0.3, 0.4) is 0 Å². The average Bonchev–Trinajstić information content (AvgIpc) is 3.44. The van der Waals surface area contributed by atoms with Gasteiger partial charge < -0.3 is 19.8 Å². The Balaban J connectivity index is 1.71. The third-order valence-corrected chi connectivity index (χ3v) is 4.94. The number of piperazine rings is 1. The Morgan fingerprint density at radius 2 is 2.00 bits per heavy atom. The van der Waals surface area contributed by atoms with E-state index in [-0.39, 0.29) is 24.4 Å². The highest BCUT2D eigenvalue weighted by molar-refractivity contribution is 5.95. The molecule has 1 saturated heterocycles. The molecule has 0 radical (unpaired) electrons. The van der Waals surface area contributed by atoms with E-state index in [9.17, 15) is 9.18 Å². The summed E-state index contributed by atoms with van der Waals surface area (Å²) >= 11 is 0. The Kier molecular flexibility index (Phi) is 5.36. The topological polar surface area (TPSA) is 47.0 Å². The molecule has 1 amide bonds. The van der Waals surface area contributed by atoms with Crippen molar-refractivity contribution >= 4 is 11.6 Å². The maximum Gasteiger partial charge on any atom is 0.254 e. The van der Waals surface area contributed by atoms with Gasteiger partial charge in [-0.1, -0.05) is 6.92 Å². The highest BCUT2D eigenvalue weighted by atomic mass is 19.1. The maximum atomic E-state index is 14.6. The number of benzene rings is 1. The molecule has 1 aliphatic heterocycles. The quantitative estimate of drug-likeness (QED) is 0.857. The van der Waals surface area contributed by atoms with Crippen LogP contribution in [-0.2, 0) is 0 Å². The number of aliphatic hydroxyl groups is 1. The van der Waals surface area contributed by atoms with Gasteiger partial charge in [0.1, 0.15) is 5.82 Å². The SMILES string of the molecule is CCN1CCN(c2ccc(C(=O)N(CCO)C3CC3)cc2F)CC1. The summed E-state index contributed by atoms with van der Waals surface area (Å²) in [6, 6.07) is 4.97. The fourth-order valence-electron chi connectivity index (χ4n) is 3.31. The highest BCUT2D eigenvalue weighted by Gasteiger charge is 2.33. The first kappa shape index (κ1) is 17.2. The summed E-state index contributed by atoms with van der Waals surface area (Å²) in [6.45, 7) is 6.87. The smallest absolute Gasteiger partial charge is 0.254 e. The van der Waals surface area contributed by atoms with Gasteiger partial charge >= 0.3 is 0 Å². The first-order valence-electron chi connectivity index (χ1n) is 8.82. The van der Waals surface area contributed by atoms with Crippen LogP contribution in [0.15, 0.2) is 18.2 Å². The van der Waals surface area contributed by atoms with Crippen molar-refractivity contribution in [3.05, 3.63) is 29.6 Å². The Labute approximate surface area is 142 Å². The Hall–Kier alpha value is -1.66. The molecule has 1 aromatic rings. The molecule has 0 bridgehead atoms. The van der Waals surface area contributed by atoms with Gasteiger partial charge in [0.25, 0.3) is 5.91 Å². The number of halogens is 1. The van der Waals surface area contributed by atoms with Crippen molar-refractivity contribution in [1.29, 1.82) is 0 Å². The average molecular weight is 335 g/mol. The van der Waals surface area contributed by atoms with Crippen molar-refractivity contribution in [1.82, 2.24) is 9.80 Å². The van der Waals surface area contributed by atoms with Crippen LogP contribution < -0.4 is 4.90 Å². The summed E-state index contributed by atoms with van der Waals surface area (Å²) in [5, 5.41) is 9.14. The van der Waals surface area contributed by atoms with Crippen LogP contribution in [0.25, 0.3) is 0 Å². The van der Waals surface area contributed by atoms with E-state index < -0.39 is 0 Å². The van der Waals surface area contributed by atoms with Crippen LogP contribution in [0.2, 0.25) is 0 Å². The predicted molar refractivity (Wildman–Crippen MR) is 91.9 cm³/mol. The van der Waals surface area contributed by atoms with Gasteiger partial charge in [0.05, 0.1) is 12.3 Å². The number of carbonyl (C=O) groups is 1. The van der Waals surface area contributed by atoms with Crippen LogP contribution in [0.5, 0.6) is 0 Å². The second-order valence-electron chi connectivity index (χ2n) is 6.54. The lowest BCUT2D eigenvalue weighted by Gasteiger charge is -2.35. The van der Waals surface area contributed by atoms with Crippen LogP contribution in [0.4, 0.5) is 10.1 Å². The second kappa shape index (κ2) is 7.49. The lowest BCUT2D eigenvalue weighted by Crippen LogP contribution is -2.46. The number of hydrogen-bond acceptors (Lipinski definition) is 4. The van der Waals surface area contributed by atoms with Gasteiger partial charge in [-0.3, -0.25) is 4.79 Å². The van der Waals surface area contributed by atoms with Crippen molar-refractivity contribution < 1.29 is 14.3 Å². The molecule has 0 aromatic heterocycles. The normalized spacial score (nSPS) is 18.7. The molecule has 0 unspecified atom stereocenters. The van der Waals surface area contributed by atoms with E-state index in [4.69, 9.17) is 5.11 Å². The minimum absolute atomic E-state index is 0.0650. The van der Waals surface area contributed by atoms with Gasteiger partial charge in [0.15, 0.2) is 0 Å². The fourth-order valence-corrected chi connectivity index (χ4v) is 3.31. The molecule has 5 nitrogen and oxygen atoms in total. The summed E-state index contributed by atoms with van der Waals surface area (Å²) in [5.41, 5.74) is 0.936. The van der Waals surface area contributed by atoms with E-state index in [1.165, 1.54) is 6.07 Å². The number of anilines is 1. The lowest BCUT2D eigenvalue weighted by atomic mass is 10.1. The van der Waals surface area contributed by atoms with E-state index >= 15 is 0 Å². The molecule has 3 rings (SSSR count). The van der Waals surface area contributed by atoms with E-state index in [0.29, 0.717) is 17.8 Å². The summed E-state index contributed by atoms with van der Waals surface area (Å²) < 4.78 is 14.6. The molecule has 0 spiro atoms. The summed E-state index contributed by atoms with van der Waals surface area (Å²) in [4.78, 5) is 18.6. The van der Waals surface area contributed by atoms with Crippen molar-refractivity contribution in [2.45, 2.75) is 25.8 Å². The molecule has 1 heterocycles. The van der Waals surface area contributed by atoms with Gasteiger partial charge in [-0.25, -0.2) is 4.39 Å². The molecule has 2 aliphatic rings.